The molecule has 4 heteroatoms. The van der Waals surface area contributed by atoms with E-state index < -0.39 is 0 Å². The van der Waals surface area contributed by atoms with Crippen LogP contribution in [0.5, 0.6) is 0 Å². The van der Waals surface area contributed by atoms with Crippen molar-refractivity contribution in [3.63, 3.8) is 0 Å². The molecule has 2 heterocycles. The first-order valence-electron chi connectivity index (χ1n) is 6.66. The third kappa shape index (κ3) is 2.63. The zero-order chi connectivity index (χ0) is 12.5. The van der Waals surface area contributed by atoms with Crippen molar-refractivity contribution in [3.8, 4) is 0 Å². The molecule has 1 amide bonds. The van der Waals surface area contributed by atoms with Crippen LogP contribution in [0.25, 0.3) is 0 Å². The topological polar surface area (TPSA) is 55.6 Å². The number of rotatable bonds is 2. The fraction of sp³-hybridized carbons (Fsp3) is 0.923. The highest BCUT2D eigenvalue weighted by Gasteiger charge is 2.41. The number of carbonyl (C=O) groups is 1. The summed E-state index contributed by atoms with van der Waals surface area (Å²) in [5.41, 5.74) is 6.27. The molecule has 1 atom stereocenters. The number of carbonyl (C=O) groups excluding carboxylic acids is 1. The van der Waals surface area contributed by atoms with Gasteiger partial charge in [-0.2, -0.15) is 0 Å². The molecular weight excluding hydrogens is 216 g/mol. The lowest BCUT2D eigenvalue weighted by atomic mass is 9.80. The maximum absolute atomic E-state index is 12.2. The molecule has 0 aromatic heterocycles. The minimum Gasteiger partial charge on any atom is -0.381 e. The first-order chi connectivity index (χ1) is 8.04. The third-order valence-electron chi connectivity index (χ3n) is 4.31. The molecular formula is C13H24N2O2. The molecule has 0 bridgehead atoms. The third-order valence-corrected chi connectivity index (χ3v) is 4.31. The summed E-state index contributed by atoms with van der Waals surface area (Å²) in [7, 11) is 0. The van der Waals surface area contributed by atoms with Crippen molar-refractivity contribution in [2.75, 3.05) is 26.3 Å². The smallest absolute Gasteiger partial charge is 0.239 e. The number of hydrogen-bond donors (Lipinski definition) is 1. The van der Waals surface area contributed by atoms with Gasteiger partial charge in [0.1, 0.15) is 0 Å². The molecule has 2 saturated heterocycles. The second-order valence-corrected chi connectivity index (χ2v) is 5.89. The van der Waals surface area contributed by atoms with E-state index >= 15 is 0 Å². The van der Waals surface area contributed by atoms with E-state index in [4.69, 9.17) is 10.5 Å². The van der Waals surface area contributed by atoms with E-state index in [9.17, 15) is 4.79 Å². The molecule has 1 spiro atoms. The van der Waals surface area contributed by atoms with Crippen molar-refractivity contribution in [2.24, 2.45) is 17.1 Å². The Balaban J connectivity index is 1.95. The van der Waals surface area contributed by atoms with Gasteiger partial charge in [-0.25, -0.2) is 0 Å². The number of ether oxygens (including phenoxy) is 1. The van der Waals surface area contributed by atoms with E-state index in [1.54, 1.807) is 0 Å². The van der Waals surface area contributed by atoms with Crippen molar-refractivity contribution < 1.29 is 9.53 Å². The van der Waals surface area contributed by atoms with Gasteiger partial charge in [0.15, 0.2) is 0 Å². The highest BCUT2D eigenvalue weighted by Crippen LogP contribution is 2.39. The van der Waals surface area contributed by atoms with Crippen LogP contribution in [-0.2, 0) is 9.53 Å². The molecule has 1 unspecified atom stereocenters. The Morgan fingerprint density at radius 1 is 1.29 bits per heavy atom. The lowest BCUT2D eigenvalue weighted by molar-refractivity contribution is -0.133. The maximum Gasteiger partial charge on any atom is 0.239 e. The standard InChI is InChI=1S/C13H24N2O2/c1-10(2)11(14)12(16)15-6-3-13(9-15)4-7-17-8-5-13/h10-11H,3-9,14H2,1-2H3. The molecule has 17 heavy (non-hydrogen) atoms. The highest BCUT2D eigenvalue weighted by molar-refractivity contribution is 5.82. The van der Waals surface area contributed by atoms with Gasteiger partial charge < -0.3 is 15.4 Å². The van der Waals surface area contributed by atoms with E-state index in [1.807, 2.05) is 18.7 Å². The summed E-state index contributed by atoms with van der Waals surface area (Å²) in [5.74, 6) is 0.345. The molecule has 0 aromatic carbocycles. The minimum absolute atomic E-state index is 0.128. The molecule has 0 radical (unpaired) electrons. The second-order valence-electron chi connectivity index (χ2n) is 5.89. The monoisotopic (exact) mass is 240 g/mol. The molecule has 0 aromatic rings. The van der Waals surface area contributed by atoms with Gasteiger partial charge in [0.25, 0.3) is 0 Å². The van der Waals surface area contributed by atoms with E-state index in [-0.39, 0.29) is 17.9 Å². The summed E-state index contributed by atoms with van der Waals surface area (Å²) in [6.07, 6.45) is 3.30. The van der Waals surface area contributed by atoms with Gasteiger partial charge in [-0.15, -0.1) is 0 Å². The minimum atomic E-state index is -0.343. The van der Waals surface area contributed by atoms with Crippen LogP contribution in [-0.4, -0.2) is 43.2 Å². The molecule has 2 aliphatic heterocycles. The molecule has 98 valence electrons. The van der Waals surface area contributed by atoms with E-state index in [0.717, 1.165) is 45.6 Å². The first-order valence-corrected chi connectivity index (χ1v) is 6.66. The lowest BCUT2D eigenvalue weighted by Gasteiger charge is -2.33. The van der Waals surface area contributed by atoms with E-state index in [1.165, 1.54) is 0 Å². The van der Waals surface area contributed by atoms with E-state index in [0.29, 0.717) is 5.41 Å². The summed E-state index contributed by atoms with van der Waals surface area (Å²) >= 11 is 0. The predicted octanol–water partition coefficient (Wildman–Crippen LogP) is 0.999. The lowest BCUT2D eigenvalue weighted by Crippen LogP contribution is -2.46. The average Bonchev–Trinajstić information content (AvgIpc) is 2.72. The fourth-order valence-electron chi connectivity index (χ4n) is 2.83. The van der Waals surface area contributed by atoms with Crippen molar-refractivity contribution in [1.82, 2.24) is 4.90 Å². The number of amides is 1. The Bertz CT molecular complexity index is 285. The first kappa shape index (κ1) is 12.8. The Morgan fingerprint density at radius 2 is 1.94 bits per heavy atom. The number of hydrogen-bond acceptors (Lipinski definition) is 3. The van der Waals surface area contributed by atoms with Crippen molar-refractivity contribution in [2.45, 2.75) is 39.2 Å². The second kappa shape index (κ2) is 4.94. The average molecular weight is 240 g/mol. The van der Waals surface area contributed by atoms with Crippen LogP contribution >= 0.6 is 0 Å². The van der Waals surface area contributed by atoms with E-state index in [2.05, 4.69) is 0 Å². The molecule has 0 aliphatic carbocycles. The van der Waals surface area contributed by atoms with Gasteiger partial charge in [0.05, 0.1) is 6.04 Å². The van der Waals surface area contributed by atoms with Gasteiger partial charge in [-0.3, -0.25) is 4.79 Å². The zero-order valence-corrected chi connectivity index (χ0v) is 10.9. The number of nitrogens with zero attached hydrogens (tertiary/aromatic N) is 1. The number of likely N-dealkylation sites (tertiary alicyclic amines) is 1. The SMILES string of the molecule is CC(C)C(N)C(=O)N1CCC2(CCOCC2)C1. The van der Waals surface area contributed by atoms with Gasteiger partial charge in [0.2, 0.25) is 5.91 Å². The van der Waals surface area contributed by atoms with Gasteiger partial charge in [-0.05, 0) is 30.6 Å². The summed E-state index contributed by atoms with van der Waals surface area (Å²) in [6.45, 7) is 7.46. The van der Waals surface area contributed by atoms with Crippen molar-refractivity contribution in [3.05, 3.63) is 0 Å². The molecule has 2 fully saturated rings. The van der Waals surface area contributed by atoms with Crippen LogP contribution in [0.4, 0.5) is 0 Å². The Morgan fingerprint density at radius 3 is 2.53 bits per heavy atom. The largest absolute Gasteiger partial charge is 0.381 e. The normalized spacial score (nSPS) is 25.5. The molecule has 2 rings (SSSR count). The molecule has 0 saturated carbocycles. The summed E-state index contributed by atoms with van der Waals surface area (Å²) < 4.78 is 5.41. The van der Waals surface area contributed by atoms with Crippen molar-refractivity contribution >= 4 is 5.91 Å². The molecule has 4 nitrogen and oxygen atoms in total. The van der Waals surface area contributed by atoms with Crippen LogP contribution in [0.15, 0.2) is 0 Å². The van der Waals surface area contributed by atoms with Crippen LogP contribution < -0.4 is 5.73 Å². The summed E-state index contributed by atoms with van der Waals surface area (Å²) in [5, 5.41) is 0. The summed E-state index contributed by atoms with van der Waals surface area (Å²) in [6, 6.07) is -0.343. The Kier molecular flexibility index (Phi) is 3.73. The highest BCUT2D eigenvalue weighted by atomic mass is 16.5. The summed E-state index contributed by atoms with van der Waals surface area (Å²) in [4.78, 5) is 14.2. The number of nitrogens with two attached hydrogens (primary N) is 1. The predicted molar refractivity (Wildman–Crippen MR) is 66.5 cm³/mol. The maximum atomic E-state index is 12.2. The Hall–Kier alpha value is -0.610. The fourth-order valence-corrected chi connectivity index (χ4v) is 2.83. The molecule has 2 N–H and O–H groups in total. The van der Waals surface area contributed by atoms with Crippen LogP contribution in [0.1, 0.15) is 33.1 Å². The van der Waals surface area contributed by atoms with Crippen LogP contribution in [0.2, 0.25) is 0 Å². The van der Waals surface area contributed by atoms with Crippen LogP contribution in [0, 0.1) is 11.3 Å². The Labute approximate surface area is 103 Å². The molecule has 2 aliphatic rings. The van der Waals surface area contributed by atoms with Gasteiger partial charge in [-0.1, -0.05) is 13.8 Å². The quantitative estimate of drug-likeness (QED) is 0.783. The van der Waals surface area contributed by atoms with Gasteiger partial charge >= 0.3 is 0 Å². The van der Waals surface area contributed by atoms with Crippen molar-refractivity contribution in [1.29, 1.82) is 0 Å². The van der Waals surface area contributed by atoms with Crippen LogP contribution in [0.3, 0.4) is 0 Å². The zero-order valence-electron chi connectivity index (χ0n) is 10.9. The van der Waals surface area contributed by atoms with Gasteiger partial charge in [0, 0.05) is 26.3 Å².